The molecule has 1 amide bonds. The van der Waals surface area contributed by atoms with Crippen molar-refractivity contribution >= 4 is 5.91 Å². The molecule has 1 aromatic carbocycles. The van der Waals surface area contributed by atoms with Crippen molar-refractivity contribution in [2.24, 2.45) is 11.7 Å². The number of rotatable bonds is 4. The molecule has 0 saturated carbocycles. The van der Waals surface area contributed by atoms with Crippen LogP contribution in [0.15, 0.2) is 24.3 Å². The molecule has 0 aliphatic carbocycles. The number of amides is 1. The lowest BCUT2D eigenvalue weighted by Gasteiger charge is -2.11. The summed E-state index contributed by atoms with van der Waals surface area (Å²) in [6.45, 7) is 2.71. The molecule has 100 valence electrons. The molecular formula is C12H15F3N2O. The Bertz CT molecular complexity index is 401. The topological polar surface area (TPSA) is 55.1 Å². The lowest BCUT2D eigenvalue weighted by atomic mass is 10.1. The molecule has 1 rings (SSSR count). The Balaban J connectivity index is 2.65. The van der Waals surface area contributed by atoms with E-state index in [-0.39, 0.29) is 11.5 Å². The second kappa shape index (κ2) is 5.86. The fourth-order valence-electron chi connectivity index (χ4n) is 1.26. The molecule has 0 bridgehead atoms. The number of halogens is 3. The number of carbonyl (C=O) groups excluding carboxylic acids is 1. The Morgan fingerprint density at radius 1 is 1.33 bits per heavy atom. The van der Waals surface area contributed by atoms with Crippen LogP contribution in [0, 0.1) is 5.92 Å². The molecule has 0 aromatic heterocycles. The maximum atomic E-state index is 12.3. The lowest BCUT2D eigenvalue weighted by Crippen LogP contribution is -2.31. The summed E-state index contributed by atoms with van der Waals surface area (Å²) in [5.74, 6) is -0.271. The van der Waals surface area contributed by atoms with Crippen molar-refractivity contribution < 1.29 is 18.0 Å². The molecular weight excluding hydrogens is 245 g/mol. The van der Waals surface area contributed by atoms with Crippen LogP contribution in [0.25, 0.3) is 0 Å². The Morgan fingerprint density at radius 3 is 2.33 bits per heavy atom. The molecule has 0 fully saturated rings. The molecule has 0 radical (unpaired) electrons. The van der Waals surface area contributed by atoms with Crippen LogP contribution in [0.4, 0.5) is 13.2 Å². The molecule has 0 heterocycles. The first-order valence-electron chi connectivity index (χ1n) is 5.50. The minimum absolute atomic E-state index is 0.128. The first-order chi connectivity index (χ1) is 8.34. The van der Waals surface area contributed by atoms with Crippen LogP contribution < -0.4 is 11.1 Å². The van der Waals surface area contributed by atoms with Gasteiger partial charge < -0.3 is 11.1 Å². The van der Waals surface area contributed by atoms with E-state index in [1.165, 1.54) is 0 Å². The van der Waals surface area contributed by atoms with E-state index in [1.807, 2.05) is 6.92 Å². The summed E-state index contributed by atoms with van der Waals surface area (Å²) >= 11 is 0. The predicted octanol–water partition coefficient (Wildman–Crippen LogP) is 2.03. The minimum Gasteiger partial charge on any atom is -0.352 e. The first kappa shape index (κ1) is 14.5. The average molecular weight is 260 g/mol. The third kappa shape index (κ3) is 4.03. The van der Waals surface area contributed by atoms with Gasteiger partial charge in [-0.3, -0.25) is 4.79 Å². The van der Waals surface area contributed by atoms with E-state index < -0.39 is 17.6 Å². The molecule has 3 nitrogen and oxygen atoms in total. The molecule has 0 aliphatic heterocycles. The SMILES string of the molecule is CC(CN)CNC(=O)c1ccc(C(F)(F)F)cc1. The van der Waals surface area contributed by atoms with Crippen LogP contribution in [0.5, 0.6) is 0 Å². The number of nitrogens with two attached hydrogens (primary N) is 1. The van der Waals surface area contributed by atoms with Gasteiger partial charge >= 0.3 is 6.18 Å². The minimum atomic E-state index is -4.39. The fraction of sp³-hybridized carbons (Fsp3) is 0.417. The maximum Gasteiger partial charge on any atom is 0.416 e. The van der Waals surface area contributed by atoms with Crippen LogP contribution in [0.3, 0.4) is 0 Å². The fourth-order valence-corrected chi connectivity index (χ4v) is 1.26. The van der Waals surface area contributed by atoms with E-state index in [1.54, 1.807) is 0 Å². The molecule has 1 unspecified atom stereocenters. The van der Waals surface area contributed by atoms with Crippen LogP contribution in [-0.4, -0.2) is 19.0 Å². The van der Waals surface area contributed by atoms with Crippen LogP contribution in [0.2, 0.25) is 0 Å². The highest BCUT2D eigenvalue weighted by molar-refractivity contribution is 5.94. The summed E-state index contributed by atoms with van der Waals surface area (Å²) in [6.07, 6.45) is -4.39. The standard InChI is InChI=1S/C12H15F3N2O/c1-8(6-16)7-17-11(18)9-2-4-10(5-3-9)12(13,14)15/h2-5,8H,6-7,16H2,1H3,(H,17,18). The number of carbonyl (C=O) groups is 1. The van der Waals surface area contributed by atoms with Crippen LogP contribution in [-0.2, 0) is 6.18 Å². The highest BCUT2D eigenvalue weighted by Crippen LogP contribution is 2.28. The Kier molecular flexibility index (Phi) is 4.72. The lowest BCUT2D eigenvalue weighted by molar-refractivity contribution is -0.137. The third-order valence-corrected chi connectivity index (χ3v) is 2.49. The third-order valence-electron chi connectivity index (χ3n) is 2.49. The van der Waals surface area contributed by atoms with Crippen LogP contribution >= 0.6 is 0 Å². The maximum absolute atomic E-state index is 12.3. The highest BCUT2D eigenvalue weighted by Gasteiger charge is 2.30. The van der Waals surface area contributed by atoms with E-state index in [9.17, 15) is 18.0 Å². The molecule has 18 heavy (non-hydrogen) atoms. The monoisotopic (exact) mass is 260 g/mol. The average Bonchev–Trinajstić information content (AvgIpc) is 2.34. The van der Waals surface area contributed by atoms with Gasteiger partial charge in [-0.1, -0.05) is 6.92 Å². The van der Waals surface area contributed by atoms with E-state index in [2.05, 4.69) is 5.32 Å². The summed E-state index contributed by atoms with van der Waals surface area (Å²) in [6, 6.07) is 4.10. The Morgan fingerprint density at radius 2 is 1.89 bits per heavy atom. The largest absolute Gasteiger partial charge is 0.416 e. The number of benzene rings is 1. The van der Waals surface area contributed by atoms with Gasteiger partial charge in [0, 0.05) is 12.1 Å². The highest BCUT2D eigenvalue weighted by atomic mass is 19.4. The van der Waals surface area contributed by atoms with Crippen molar-refractivity contribution in [1.82, 2.24) is 5.32 Å². The van der Waals surface area contributed by atoms with Crippen molar-refractivity contribution in [2.75, 3.05) is 13.1 Å². The summed E-state index contributed by atoms with van der Waals surface area (Å²) < 4.78 is 36.9. The van der Waals surface area contributed by atoms with Crippen molar-refractivity contribution in [3.8, 4) is 0 Å². The molecule has 1 atom stereocenters. The molecule has 0 saturated heterocycles. The normalized spacial score (nSPS) is 13.2. The second-order valence-corrected chi connectivity index (χ2v) is 4.13. The first-order valence-corrected chi connectivity index (χ1v) is 5.50. The summed E-state index contributed by atoms with van der Waals surface area (Å²) in [4.78, 5) is 11.6. The number of hydrogen-bond acceptors (Lipinski definition) is 2. The van der Waals surface area contributed by atoms with Crippen LogP contribution in [0.1, 0.15) is 22.8 Å². The Labute approximate surface area is 103 Å². The molecule has 0 spiro atoms. The zero-order valence-electron chi connectivity index (χ0n) is 9.92. The van der Waals surface area contributed by atoms with E-state index in [0.717, 1.165) is 24.3 Å². The summed E-state index contributed by atoms with van der Waals surface area (Å²) in [7, 11) is 0. The van der Waals surface area contributed by atoms with Crippen molar-refractivity contribution in [2.45, 2.75) is 13.1 Å². The van der Waals surface area contributed by atoms with Gasteiger partial charge in [-0.2, -0.15) is 13.2 Å². The smallest absolute Gasteiger partial charge is 0.352 e. The van der Waals surface area contributed by atoms with Gasteiger partial charge in [0.05, 0.1) is 5.56 Å². The summed E-state index contributed by atoms with van der Waals surface area (Å²) in [5, 5.41) is 2.61. The zero-order chi connectivity index (χ0) is 13.8. The quantitative estimate of drug-likeness (QED) is 0.870. The molecule has 0 aliphatic rings. The second-order valence-electron chi connectivity index (χ2n) is 4.13. The van der Waals surface area contributed by atoms with E-state index in [0.29, 0.717) is 13.1 Å². The number of alkyl halides is 3. The van der Waals surface area contributed by atoms with Gasteiger partial charge in [-0.05, 0) is 36.7 Å². The van der Waals surface area contributed by atoms with Crippen molar-refractivity contribution in [3.05, 3.63) is 35.4 Å². The van der Waals surface area contributed by atoms with Gasteiger partial charge in [0.1, 0.15) is 0 Å². The van der Waals surface area contributed by atoms with E-state index in [4.69, 9.17) is 5.73 Å². The van der Waals surface area contributed by atoms with Gasteiger partial charge in [0.25, 0.3) is 5.91 Å². The molecule has 3 N–H and O–H groups in total. The van der Waals surface area contributed by atoms with Crippen molar-refractivity contribution in [3.63, 3.8) is 0 Å². The Hall–Kier alpha value is -1.56. The number of hydrogen-bond donors (Lipinski definition) is 2. The summed E-state index contributed by atoms with van der Waals surface area (Å²) in [5.41, 5.74) is 4.82. The molecule has 6 heteroatoms. The van der Waals surface area contributed by atoms with Gasteiger partial charge in [0.15, 0.2) is 0 Å². The number of nitrogens with one attached hydrogen (secondary N) is 1. The van der Waals surface area contributed by atoms with Crippen molar-refractivity contribution in [1.29, 1.82) is 0 Å². The zero-order valence-corrected chi connectivity index (χ0v) is 9.92. The van der Waals surface area contributed by atoms with Gasteiger partial charge in [-0.25, -0.2) is 0 Å². The van der Waals surface area contributed by atoms with E-state index >= 15 is 0 Å². The van der Waals surface area contributed by atoms with Gasteiger partial charge in [0.2, 0.25) is 0 Å². The molecule has 1 aromatic rings. The van der Waals surface area contributed by atoms with Gasteiger partial charge in [-0.15, -0.1) is 0 Å². The predicted molar refractivity (Wildman–Crippen MR) is 62.0 cm³/mol.